The molecule has 32 heavy (non-hydrogen) atoms. The van der Waals surface area contributed by atoms with Gasteiger partial charge in [0.25, 0.3) is 0 Å². The van der Waals surface area contributed by atoms with Crippen LogP contribution < -0.4 is 10.1 Å². The minimum Gasteiger partial charge on any atom is -0.490 e. The summed E-state index contributed by atoms with van der Waals surface area (Å²) in [4.78, 5) is 31.6. The van der Waals surface area contributed by atoms with Gasteiger partial charge in [-0.25, -0.2) is 19.2 Å². The van der Waals surface area contributed by atoms with Gasteiger partial charge < -0.3 is 9.84 Å². The third kappa shape index (κ3) is 5.13. The van der Waals surface area contributed by atoms with E-state index in [9.17, 15) is 19.3 Å². The molecule has 3 rings (SSSR count). The van der Waals surface area contributed by atoms with Crippen molar-refractivity contribution < 1.29 is 24.0 Å². The van der Waals surface area contributed by atoms with Gasteiger partial charge in [-0.3, -0.25) is 25.0 Å². The summed E-state index contributed by atoms with van der Waals surface area (Å²) in [5.74, 6) is -0.317. The molecule has 2 N–H and O–H groups in total. The summed E-state index contributed by atoms with van der Waals surface area (Å²) in [5.41, 5.74) is 0.663. The van der Waals surface area contributed by atoms with Gasteiger partial charge in [0.1, 0.15) is 18.0 Å². The van der Waals surface area contributed by atoms with E-state index in [1.165, 1.54) is 30.3 Å². The number of nitrogens with one attached hydrogen (secondary N) is 1. The average molecular weight is 445 g/mol. The molecule has 0 saturated carbocycles. The van der Waals surface area contributed by atoms with E-state index in [1.54, 1.807) is 25.1 Å². The van der Waals surface area contributed by atoms with E-state index in [4.69, 9.17) is 9.84 Å². The fourth-order valence-corrected chi connectivity index (χ4v) is 3.14. The van der Waals surface area contributed by atoms with Crippen LogP contribution in [-0.4, -0.2) is 54.9 Å². The minimum atomic E-state index is -1.32. The highest BCUT2D eigenvalue weighted by Crippen LogP contribution is 2.38. The Morgan fingerprint density at radius 2 is 2.12 bits per heavy atom. The second kappa shape index (κ2) is 9.34. The zero-order valence-electron chi connectivity index (χ0n) is 17.4. The quantitative estimate of drug-likeness (QED) is 0.394. The van der Waals surface area contributed by atoms with Gasteiger partial charge in [-0.2, -0.15) is 5.10 Å². The van der Waals surface area contributed by atoms with Crippen molar-refractivity contribution in [2.45, 2.75) is 13.1 Å². The molecule has 0 aliphatic rings. The molecule has 0 radical (unpaired) electrons. The van der Waals surface area contributed by atoms with Crippen LogP contribution in [0.25, 0.3) is 11.4 Å². The van der Waals surface area contributed by atoms with Crippen LogP contribution in [0.1, 0.15) is 11.3 Å². The van der Waals surface area contributed by atoms with E-state index >= 15 is 0 Å². The molecule has 13 heteroatoms. The Morgan fingerprint density at radius 3 is 2.72 bits per heavy atom. The fraction of sp³-hybridized carbons (Fsp3) is 0.263. The van der Waals surface area contributed by atoms with Crippen LogP contribution in [-0.2, 0) is 20.1 Å². The molecule has 0 atom stereocenters. The Morgan fingerprint density at radius 1 is 1.38 bits per heavy atom. The number of aryl methyl sites for hydroxylation is 1. The standard InChI is InChI=1S/C19H20FN7O5/c1-25(9-14-13(20)4-5-16(22-14)23-19(28)29)8-11-6-12(18-21-10-26(2)24-18)17(32-3)15(7-11)27(30)31/h4-7,10H,8-9H2,1-3H3,(H,22,23)(H,28,29). The summed E-state index contributed by atoms with van der Waals surface area (Å²) >= 11 is 0. The molecule has 168 valence electrons. The van der Waals surface area contributed by atoms with Gasteiger partial charge in [0, 0.05) is 26.2 Å². The summed E-state index contributed by atoms with van der Waals surface area (Å²) in [5, 5.41) is 26.7. The van der Waals surface area contributed by atoms with Crippen molar-refractivity contribution >= 4 is 17.6 Å². The number of carboxylic acid groups (broad SMARTS) is 1. The first-order chi connectivity index (χ1) is 15.2. The molecule has 2 aromatic heterocycles. The molecule has 0 fully saturated rings. The number of amides is 1. The van der Waals surface area contributed by atoms with Crippen molar-refractivity contribution in [1.29, 1.82) is 0 Å². The molecule has 0 bridgehead atoms. The first-order valence-corrected chi connectivity index (χ1v) is 9.23. The number of anilines is 1. The van der Waals surface area contributed by atoms with Crippen LogP contribution in [0.4, 0.5) is 20.7 Å². The number of hydrogen-bond donors (Lipinski definition) is 2. The summed E-state index contributed by atoms with van der Waals surface area (Å²) in [7, 11) is 4.67. The predicted molar refractivity (Wildman–Crippen MR) is 111 cm³/mol. The zero-order valence-corrected chi connectivity index (χ0v) is 17.4. The lowest BCUT2D eigenvalue weighted by Gasteiger charge is -2.18. The first-order valence-electron chi connectivity index (χ1n) is 9.23. The topological polar surface area (TPSA) is 149 Å². The highest BCUT2D eigenvalue weighted by atomic mass is 19.1. The van der Waals surface area contributed by atoms with Crippen LogP contribution >= 0.6 is 0 Å². The molecule has 1 amide bonds. The van der Waals surface area contributed by atoms with Gasteiger partial charge in [0.15, 0.2) is 5.82 Å². The molecule has 0 spiro atoms. The van der Waals surface area contributed by atoms with E-state index in [1.807, 2.05) is 0 Å². The Balaban J connectivity index is 1.91. The number of benzene rings is 1. The number of nitro groups is 1. The van der Waals surface area contributed by atoms with Gasteiger partial charge in [-0.05, 0) is 30.8 Å². The number of nitrogens with zero attached hydrogens (tertiary/aromatic N) is 6. The highest BCUT2D eigenvalue weighted by molar-refractivity contribution is 5.81. The molecule has 2 heterocycles. The number of ether oxygens (including phenoxy) is 1. The lowest BCUT2D eigenvalue weighted by molar-refractivity contribution is -0.385. The Kier molecular flexibility index (Phi) is 6.59. The predicted octanol–water partition coefficient (Wildman–Crippen LogP) is 2.65. The molecular formula is C19H20FN7O5. The summed E-state index contributed by atoms with van der Waals surface area (Å²) in [6.45, 7) is 0.223. The van der Waals surface area contributed by atoms with Gasteiger partial charge >= 0.3 is 11.8 Å². The van der Waals surface area contributed by atoms with Crippen molar-refractivity contribution in [3.8, 4) is 17.1 Å². The van der Waals surface area contributed by atoms with Crippen molar-refractivity contribution in [2.24, 2.45) is 7.05 Å². The van der Waals surface area contributed by atoms with E-state index in [0.29, 0.717) is 11.1 Å². The molecule has 0 saturated heterocycles. The number of methoxy groups -OCH3 is 1. The van der Waals surface area contributed by atoms with Crippen molar-refractivity contribution in [3.63, 3.8) is 0 Å². The van der Waals surface area contributed by atoms with Crippen LogP contribution in [0.3, 0.4) is 0 Å². The second-order valence-corrected chi connectivity index (χ2v) is 6.92. The Labute approximate surface area is 181 Å². The maximum absolute atomic E-state index is 14.2. The van der Waals surface area contributed by atoms with Gasteiger partial charge in [-0.15, -0.1) is 0 Å². The molecule has 3 aromatic rings. The first kappa shape index (κ1) is 22.6. The molecule has 0 unspecified atom stereocenters. The van der Waals surface area contributed by atoms with Crippen LogP contribution in [0.2, 0.25) is 0 Å². The Bertz CT molecular complexity index is 1170. The molecule has 0 aliphatic heterocycles. The van der Waals surface area contributed by atoms with Gasteiger partial charge in [0.2, 0.25) is 5.75 Å². The summed E-state index contributed by atoms with van der Waals surface area (Å²) in [6.07, 6.45) is 0.149. The van der Waals surface area contributed by atoms with Crippen molar-refractivity contribution in [3.05, 3.63) is 57.8 Å². The number of hydrogen-bond acceptors (Lipinski definition) is 8. The smallest absolute Gasteiger partial charge is 0.410 e. The number of nitro benzene ring substituents is 1. The minimum absolute atomic E-state index is 0.00843. The van der Waals surface area contributed by atoms with Crippen LogP contribution in [0.5, 0.6) is 5.75 Å². The average Bonchev–Trinajstić information content (AvgIpc) is 3.15. The van der Waals surface area contributed by atoms with Crippen LogP contribution in [0, 0.1) is 15.9 Å². The summed E-state index contributed by atoms with van der Waals surface area (Å²) < 4.78 is 20.9. The summed E-state index contributed by atoms with van der Waals surface area (Å²) in [6, 6.07) is 5.37. The number of halogens is 1. The third-order valence-electron chi connectivity index (χ3n) is 4.40. The fourth-order valence-electron chi connectivity index (χ4n) is 3.14. The monoisotopic (exact) mass is 445 g/mol. The lowest BCUT2D eigenvalue weighted by Crippen LogP contribution is -2.20. The zero-order chi connectivity index (χ0) is 23.4. The van der Waals surface area contributed by atoms with Gasteiger partial charge in [0.05, 0.1) is 23.3 Å². The van der Waals surface area contributed by atoms with Gasteiger partial charge in [-0.1, -0.05) is 0 Å². The number of carbonyl (C=O) groups is 1. The maximum atomic E-state index is 14.2. The van der Waals surface area contributed by atoms with Crippen molar-refractivity contribution in [1.82, 2.24) is 24.6 Å². The number of pyridine rings is 1. The van der Waals surface area contributed by atoms with Crippen molar-refractivity contribution in [2.75, 3.05) is 19.5 Å². The number of rotatable bonds is 8. The molecular weight excluding hydrogens is 425 g/mol. The molecule has 0 aliphatic carbocycles. The molecule has 12 nitrogen and oxygen atoms in total. The SMILES string of the molecule is COc1c(-c2ncn(C)n2)cc(CN(C)Cc2nc(NC(=O)O)ccc2F)cc1[N+](=O)[O-]. The maximum Gasteiger partial charge on any atom is 0.410 e. The normalized spacial score (nSPS) is 10.9. The molecule has 1 aromatic carbocycles. The van der Waals surface area contributed by atoms with E-state index in [0.717, 1.165) is 6.07 Å². The number of aromatic nitrogens is 4. The Hall–Kier alpha value is -4.13. The third-order valence-corrected chi connectivity index (χ3v) is 4.40. The van der Waals surface area contributed by atoms with E-state index < -0.39 is 16.8 Å². The van der Waals surface area contributed by atoms with E-state index in [2.05, 4.69) is 20.4 Å². The lowest BCUT2D eigenvalue weighted by atomic mass is 10.1. The highest BCUT2D eigenvalue weighted by Gasteiger charge is 2.24. The van der Waals surface area contributed by atoms with Crippen LogP contribution in [0.15, 0.2) is 30.6 Å². The largest absolute Gasteiger partial charge is 0.490 e. The second-order valence-electron chi connectivity index (χ2n) is 6.92. The van der Waals surface area contributed by atoms with E-state index in [-0.39, 0.29) is 41.9 Å².